The molecule has 0 N–H and O–H groups in total. The molecule has 8 aromatic carbocycles. The molecule has 11 aromatic rings. The molecule has 11 rings (SSSR count). The molecule has 2 nitrogen and oxygen atoms in total. The van der Waals surface area contributed by atoms with Crippen molar-refractivity contribution in [3.8, 4) is 11.1 Å². The second kappa shape index (κ2) is 10.8. The zero-order valence-corrected chi connectivity index (χ0v) is 28.4. The Morgan fingerprint density at radius 1 is 0.400 bits per heavy atom. The highest BCUT2D eigenvalue weighted by atomic mass is 32.1. The first kappa shape index (κ1) is 28.0. The van der Waals surface area contributed by atoms with Crippen LogP contribution in [0.2, 0.25) is 0 Å². The van der Waals surface area contributed by atoms with Gasteiger partial charge in [0.05, 0.1) is 5.69 Å². The number of anilines is 3. The van der Waals surface area contributed by atoms with Gasteiger partial charge >= 0.3 is 0 Å². The van der Waals surface area contributed by atoms with E-state index < -0.39 is 0 Å². The molecule has 0 aliphatic carbocycles. The fourth-order valence-corrected chi connectivity index (χ4v) is 10.0. The van der Waals surface area contributed by atoms with Gasteiger partial charge in [-0.05, 0) is 65.5 Å². The molecule has 3 aromatic heterocycles. The van der Waals surface area contributed by atoms with Crippen molar-refractivity contribution in [3.63, 3.8) is 0 Å². The third kappa shape index (κ3) is 4.13. The Bertz CT molecular complexity index is 3110. The van der Waals surface area contributed by atoms with Gasteiger partial charge in [-0.2, -0.15) is 0 Å². The van der Waals surface area contributed by atoms with Crippen LogP contribution in [0.5, 0.6) is 0 Å². The number of para-hydroxylation sites is 1. The van der Waals surface area contributed by atoms with Crippen LogP contribution in [0, 0.1) is 0 Å². The first-order valence-corrected chi connectivity index (χ1v) is 18.5. The average Bonchev–Trinajstić information content (AvgIpc) is 3.87. The molecule has 0 aliphatic heterocycles. The highest BCUT2D eigenvalue weighted by Crippen LogP contribution is 2.47. The zero-order valence-electron chi connectivity index (χ0n) is 26.8. The van der Waals surface area contributed by atoms with E-state index >= 15 is 0 Å². The molecule has 4 heteroatoms. The van der Waals surface area contributed by atoms with E-state index in [-0.39, 0.29) is 0 Å². The third-order valence-electron chi connectivity index (χ3n) is 10.1. The van der Waals surface area contributed by atoms with E-state index in [0.717, 1.165) is 49.8 Å². The molecule has 0 saturated heterocycles. The predicted molar refractivity (Wildman–Crippen MR) is 217 cm³/mol. The van der Waals surface area contributed by atoms with E-state index in [2.05, 4.69) is 169 Å². The second-order valence-electron chi connectivity index (χ2n) is 12.9. The largest absolute Gasteiger partial charge is 0.455 e. The molecule has 0 bridgehead atoms. The minimum absolute atomic E-state index is 0.924. The molecular formula is C46H27NOS2. The lowest BCUT2D eigenvalue weighted by atomic mass is 10.0. The summed E-state index contributed by atoms with van der Waals surface area (Å²) in [6, 6.07) is 59.4. The van der Waals surface area contributed by atoms with E-state index in [4.69, 9.17) is 4.42 Å². The summed E-state index contributed by atoms with van der Waals surface area (Å²) in [6.45, 7) is 0. The molecule has 0 amide bonds. The van der Waals surface area contributed by atoms with Crippen LogP contribution in [0.3, 0.4) is 0 Å². The summed E-state index contributed by atoms with van der Waals surface area (Å²) in [5.74, 6) is 0. The number of hydrogen-bond donors (Lipinski definition) is 0. The number of fused-ring (bicyclic) bond motifs is 11. The molecule has 0 spiro atoms. The third-order valence-corrected chi connectivity index (χ3v) is 12.3. The zero-order chi connectivity index (χ0) is 32.8. The summed E-state index contributed by atoms with van der Waals surface area (Å²) in [7, 11) is 0. The van der Waals surface area contributed by atoms with Crippen LogP contribution in [0.25, 0.3) is 84.2 Å². The van der Waals surface area contributed by atoms with Gasteiger partial charge in [0.2, 0.25) is 0 Å². The predicted octanol–water partition coefficient (Wildman–Crippen LogP) is 14.6. The standard InChI is InChI=1S/C46H27NOS2/c1-2-10-32-28(9-1)21-25-37-36-14-7-13-33(45(36)48-46(32)37)29-19-22-30(23-20-29)47(31-24-26-35-34-11-3-5-16-40(34)50-43(35)27-31)39-15-8-18-42-44(39)38-12-4-6-17-41(38)49-42/h1-27H. The van der Waals surface area contributed by atoms with Crippen molar-refractivity contribution in [1.82, 2.24) is 0 Å². The fraction of sp³-hybridized carbons (Fsp3) is 0. The number of thiophene rings is 2. The summed E-state index contributed by atoms with van der Waals surface area (Å²) >= 11 is 3.72. The van der Waals surface area contributed by atoms with Crippen LogP contribution in [0.4, 0.5) is 17.1 Å². The van der Waals surface area contributed by atoms with Crippen LogP contribution in [0.1, 0.15) is 0 Å². The van der Waals surface area contributed by atoms with Crippen molar-refractivity contribution < 1.29 is 4.42 Å². The highest BCUT2D eigenvalue weighted by molar-refractivity contribution is 7.26. The average molecular weight is 674 g/mol. The van der Waals surface area contributed by atoms with Gasteiger partial charge in [0.25, 0.3) is 0 Å². The van der Waals surface area contributed by atoms with Gasteiger partial charge in [0.1, 0.15) is 11.2 Å². The first-order chi connectivity index (χ1) is 24.8. The molecule has 0 fully saturated rings. The van der Waals surface area contributed by atoms with Crippen LogP contribution >= 0.6 is 22.7 Å². The molecule has 0 saturated carbocycles. The van der Waals surface area contributed by atoms with E-state index in [1.165, 1.54) is 51.4 Å². The number of hydrogen-bond acceptors (Lipinski definition) is 4. The normalized spacial score (nSPS) is 12.0. The van der Waals surface area contributed by atoms with Crippen LogP contribution in [-0.4, -0.2) is 0 Å². The summed E-state index contributed by atoms with van der Waals surface area (Å²) in [5.41, 5.74) is 7.53. The lowest BCUT2D eigenvalue weighted by Crippen LogP contribution is -2.10. The van der Waals surface area contributed by atoms with Gasteiger partial charge in [-0.3, -0.25) is 0 Å². The van der Waals surface area contributed by atoms with Gasteiger partial charge < -0.3 is 9.32 Å². The van der Waals surface area contributed by atoms with Crippen molar-refractivity contribution in [1.29, 1.82) is 0 Å². The summed E-state index contributed by atoms with van der Waals surface area (Å²) in [4.78, 5) is 2.43. The van der Waals surface area contributed by atoms with E-state index in [1.54, 1.807) is 0 Å². The Balaban J connectivity index is 1.11. The van der Waals surface area contributed by atoms with Gasteiger partial charge in [-0.25, -0.2) is 0 Å². The van der Waals surface area contributed by atoms with Crippen LogP contribution in [0.15, 0.2) is 168 Å². The summed E-state index contributed by atoms with van der Waals surface area (Å²) in [5, 5.41) is 9.81. The van der Waals surface area contributed by atoms with Crippen molar-refractivity contribution in [2.45, 2.75) is 0 Å². The molecule has 0 unspecified atom stereocenters. The molecular weight excluding hydrogens is 647 g/mol. The van der Waals surface area contributed by atoms with Crippen LogP contribution < -0.4 is 4.90 Å². The fourth-order valence-electron chi connectivity index (χ4n) is 7.77. The van der Waals surface area contributed by atoms with E-state index in [9.17, 15) is 0 Å². The number of nitrogens with zero attached hydrogens (tertiary/aromatic N) is 1. The smallest absolute Gasteiger partial charge is 0.143 e. The minimum atomic E-state index is 0.924. The van der Waals surface area contributed by atoms with Crippen LogP contribution in [-0.2, 0) is 0 Å². The van der Waals surface area contributed by atoms with Gasteiger partial charge in [-0.1, -0.05) is 109 Å². The summed E-state index contributed by atoms with van der Waals surface area (Å²) < 4.78 is 11.9. The molecule has 3 heterocycles. The van der Waals surface area contributed by atoms with Crippen molar-refractivity contribution in [2.24, 2.45) is 0 Å². The van der Waals surface area contributed by atoms with E-state index in [0.29, 0.717) is 0 Å². The molecule has 234 valence electrons. The quantitative estimate of drug-likeness (QED) is 0.185. The highest BCUT2D eigenvalue weighted by Gasteiger charge is 2.20. The molecule has 0 aliphatic rings. The molecule has 0 radical (unpaired) electrons. The van der Waals surface area contributed by atoms with Gasteiger partial charge in [0, 0.05) is 73.4 Å². The lowest BCUT2D eigenvalue weighted by Gasteiger charge is -2.27. The topological polar surface area (TPSA) is 16.4 Å². The number of rotatable bonds is 4. The van der Waals surface area contributed by atoms with Crippen molar-refractivity contribution >= 4 is 113 Å². The number of furan rings is 1. The van der Waals surface area contributed by atoms with Gasteiger partial charge in [0.15, 0.2) is 0 Å². The van der Waals surface area contributed by atoms with E-state index in [1.807, 2.05) is 22.7 Å². The molecule has 50 heavy (non-hydrogen) atoms. The Morgan fingerprint density at radius 3 is 1.90 bits per heavy atom. The minimum Gasteiger partial charge on any atom is -0.455 e. The van der Waals surface area contributed by atoms with Crippen molar-refractivity contribution in [2.75, 3.05) is 4.90 Å². The lowest BCUT2D eigenvalue weighted by molar-refractivity contribution is 0.674. The Kier molecular flexibility index (Phi) is 6.03. The second-order valence-corrected chi connectivity index (χ2v) is 15.0. The maximum atomic E-state index is 6.71. The Labute approximate surface area is 295 Å². The maximum Gasteiger partial charge on any atom is 0.143 e. The number of benzene rings is 8. The Hall–Kier alpha value is -5.94. The first-order valence-electron chi connectivity index (χ1n) is 16.8. The SMILES string of the molecule is c1ccc2c(c1)ccc1c3cccc(-c4ccc(N(c5ccc6c(c5)sc5ccccc56)c5cccc6sc7ccccc7c56)cc4)c3oc21. The van der Waals surface area contributed by atoms with Crippen molar-refractivity contribution in [3.05, 3.63) is 164 Å². The van der Waals surface area contributed by atoms with Gasteiger partial charge in [-0.15, -0.1) is 22.7 Å². The monoisotopic (exact) mass is 673 g/mol. The molecule has 0 atom stereocenters. The summed E-state index contributed by atoms with van der Waals surface area (Å²) in [6.07, 6.45) is 0. The Morgan fingerprint density at radius 2 is 1.02 bits per heavy atom. The maximum absolute atomic E-state index is 6.71.